The third-order valence-corrected chi connectivity index (χ3v) is 3.21. The molecule has 0 spiro atoms. The molecule has 0 aromatic heterocycles. The molecular weight excluding hydrogens is 146 g/mol. The van der Waals surface area contributed by atoms with Crippen molar-refractivity contribution in [2.75, 3.05) is 13.6 Å². The van der Waals surface area contributed by atoms with Crippen LogP contribution >= 0.6 is 0 Å². The lowest BCUT2D eigenvalue weighted by Gasteiger charge is -2.24. The van der Waals surface area contributed by atoms with E-state index in [0.29, 0.717) is 0 Å². The molecule has 2 unspecified atom stereocenters. The SMILES string of the molecule is CCCC1CCN(C)C1CCC. The average Bonchev–Trinajstić information content (AvgIpc) is 2.37. The Morgan fingerprint density at radius 1 is 1.17 bits per heavy atom. The minimum atomic E-state index is 0.898. The highest BCUT2D eigenvalue weighted by Crippen LogP contribution is 2.29. The third kappa shape index (κ3) is 2.22. The van der Waals surface area contributed by atoms with Crippen LogP contribution in [0.3, 0.4) is 0 Å². The van der Waals surface area contributed by atoms with E-state index in [1.807, 2.05) is 0 Å². The van der Waals surface area contributed by atoms with Crippen molar-refractivity contribution >= 4 is 0 Å². The van der Waals surface area contributed by atoms with Crippen LogP contribution in [-0.4, -0.2) is 24.5 Å². The minimum absolute atomic E-state index is 0.898. The summed E-state index contributed by atoms with van der Waals surface area (Å²) in [7, 11) is 2.29. The fourth-order valence-corrected chi connectivity index (χ4v) is 2.55. The van der Waals surface area contributed by atoms with Gasteiger partial charge in [-0.2, -0.15) is 0 Å². The first-order valence-corrected chi connectivity index (χ1v) is 5.49. The van der Waals surface area contributed by atoms with E-state index >= 15 is 0 Å². The summed E-state index contributed by atoms with van der Waals surface area (Å²) in [5.41, 5.74) is 0. The molecule has 0 bridgehead atoms. The summed E-state index contributed by atoms with van der Waals surface area (Å²) in [4.78, 5) is 2.56. The summed E-state index contributed by atoms with van der Waals surface area (Å²) in [6.07, 6.45) is 6.99. The van der Waals surface area contributed by atoms with Crippen LogP contribution in [0.15, 0.2) is 0 Å². The molecule has 1 aliphatic heterocycles. The van der Waals surface area contributed by atoms with E-state index in [4.69, 9.17) is 0 Å². The maximum absolute atomic E-state index is 2.56. The molecule has 0 saturated carbocycles. The molecule has 1 aliphatic rings. The van der Waals surface area contributed by atoms with Gasteiger partial charge in [-0.1, -0.05) is 26.7 Å². The molecule has 2 atom stereocenters. The van der Waals surface area contributed by atoms with Gasteiger partial charge in [0.15, 0.2) is 0 Å². The molecule has 12 heavy (non-hydrogen) atoms. The van der Waals surface area contributed by atoms with Gasteiger partial charge in [0.25, 0.3) is 0 Å². The Bertz CT molecular complexity index is 120. The summed E-state index contributed by atoms with van der Waals surface area (Å²) >= 11 is 0. The zero-order chi connectivity index (χ0) is 8.97. The Balaban J connectivity index is 2.39. The largest absolute Gasteiger partial charge is 0.303 e. The maximum Gasteiger partial charge on any atom is 0.0121 e. The van der Waals surface area contributed by atoms with Crippen LogP contribution in [0.25, 0.3) is 0 Å². The number of rotatable bonds is 4. The molecule has 1 nitrogen and oxygen atoms in total. The van der Waals surface area contributed by atoms with Crippen LogP contribution in [-0.2, 0) is 0 Å². The smallest absolute Gasteiger partial charge is 0.0121 e. The lowest BCUT2D eigenvalue weighted by molar-refractivity contribution is 0.248. The van der Waals surface area contributed by atoms with E-state index in [2.05, 4.69) is 25.8 Å². The Morgan fingerprint density at radius 2 is 1.83 bits per heavy atom. The highest BCUT2D eigenvalue weighted by atomic mass is 15.2. The monoisotopic (exact) mass is 169 g/mol. The van der Waals surface area contributed by atoms with Gasteiger partial charge in [-0.15, -0.1) is 0 Å². The van der Waals surface area contributed by atoms with Crippen molar-refractivity contribution in [1.29, 1.82) is 0 Å². The maximum atomic E-state index is 2.56. The predicted molar refractivity (Wildman–Crippen MR) is 54.3 cm³/mol. The van der Waals surface area contributed by atoms with Crippen LogP contribution < -0.4 is 0 Å². The van der Waals surface area contributed by atoms with Gasteiger partial charge in [0.05, 0.1) is 0 Å². The van der Waals surface area contributed by atoms with E-state index in [-0.39, 0.29) is 0 Å². The van der Waals surface area contributed by atoms with Crippen molar-refractivity contribution in [3.8, 4) is 0 Å². The van der Waals surface area contributed by atoms with Crippen molar-refractivity contribution < 1.29 is 0 Å². The van der Waals surface area contributed by atoms with Gasteiger partial charge in [0.1, 0.15) is 0 Å². The van der Waals surface area contributed by atoms with Gasteiger partial charge < -0.3 is 4.90 Å². The Hall–Kier alpha value is -0.0400. The van der Waals surface area contributed by atoms with E-state index in [1.165, 1.54) is 38.6 Å². The highest BCUT2D eigenvalue weighted by molar-refractivity contribution is 4.84. The van der Waals surface area contributed by atoms with E-state index in [1.54, 1.807) is 0 Å². The molecule has 1 heteroatoms. The summed E-state index contributed by atoms with van der Waals surface area (Å²) in [6, 6.07) is 0.898. The number of likely N-dealkylation sites (tertiary alicyclic amines) is 1. The van der Waals surface area contributed by atoms with Gasteiger partial charge in [0, 0.05) is 6.04 Å². The molecular formula is C11H23N. The molecule has 0 N–H and O–H groups in total. The predicted octanol–water partition coefficient (Wildman–Crippen LogP) is 2.91. The van der Waals surface area contributed by atoms with Crippen molar-refractivity contribution in [3.63, 3.8) is 0 Å². The van der Waals surface area contributed by atoms with Gasteiger partial charge in [0.2, 0.25) is 0 Å². The summed E-state index contributed by atoms with van der Waals surface area (Å²) in [6.45, 7) is 5.94. The molecule has 0 aliphatic carbocycles. The molecule has 0 radical (unpaired) electrons. The number of hydrogen-bond acceptors (Lipinski definition) is 1. The number of hydrogen-bond donors (Lipinski definition) is 0. The molecule has 0 aromatic rings. The molecule has 0 aromatic carbocycles. The van der Waals surface area contributed by atoms with Crippen molar-refractivity contribution in [2.45, 2.75) is 52.0 Å². The fraction of sp³-hybridized carbons (Fsp3) is 1.00. The zero-order valence-corrected chi connectivity index (χ0v) is 8.84. The minimum Gasteiger partial charge on any atom is -0.303 e. The molecule has 72 valence electrons. The lowest BCUT2D eigenvalue weighted by Crippen LogP contribution is -2.29. The Kier molecular flexibility index (Phi) is 4.07. The summed E-state index contributed by atoms with van der Waals surface area (Å²) < 4.78 is 0. The molecule has 1 heterocycles. The first-order valence-electron chi connectivity index (χ1n) is 5.49. The topological polar surface area (TPSA) is 3.24 Å². The fourth-order valence-electron chi connectivity index (χ4n) is 2.55. The van der Waals surface area contributed by atoms with Crippen LogP contribution in [0.5, 0.6) is 0 Å². The van der Waals surface area contributed by atoms with Gasteiger partial charge in [-0.3, -0.25) is 0 Å². The van der Waals surface area contributed by atoms with Crippen LogP contribution in [0.1, 0.15) is 46.0 Å². The zero-order valence-electron chi connectivity index (χ0n) is 8.84. The van der Waals surface area contributed by atoms with Gasteiger partial charge in [-0.05, 0) is 38.8 Å². The second-order valence-corrected chi connectivity index (χ2v) is 4.17. The van der Waals surface area contributed by atoms with Crippen LogP contribution in [0.2, 0.25) is 0 Å². The standard InChI is InChI=1S/C11H23N/c1-4-6-10-8-9-12(3)11(10)7-5-2/h10-11H,4-9H2,1-3H3. The first-order chi connectivity index (χ1) is 5.79. The van der Waals surface area contributed by atoms with Crippen LogP contribution in [0, 0.1) is 5.92 Å². The van der Waals surface area contributed by atoms with E-state index in [9.17, 15) is 0 Å². The molecule has 1 fully saturated rings. The molecule has 1 saturated heterocycles. The number of nitrogens with zero attached hydrogens (tertiary/aromatic N) is 1. The summed E-state index contributed by atoms with van der Waals surface area (Å²) in [5, 5.41) is 0. The highest BCUT2D eigenvalue weighted by Gasteiger charge is 2.29. The molecule has 1 rings (SSSR count). The lowest BCUT2D eigenvalue weighted by atomic mass is 9.92. The molecule has 0 amide bonds. The second-order valence-electron chi connectivity index (χ2n) is 4.17. The van der Waals surface area contributed by atoms with Gasteiger partial charge in [-0.25, -0.2) is 0 Å². The first kappa shape index (κ1) is 10.0. The van der Waals surface area contributed by atoms with Crippen molar-refractivity contribution in [3.05, 3.63) is 0 Å². The normalized spacial score (nSPS) is 31.2. The van der Waals surface area contributed by atoms with Crippen molar-refractivity contribution in [2.24, 2.45) is 5.92 Å². The average molecular weight is 169 g/mol. The third-order valence-electron chi connectivity index (χ3n) is 3.21. The summed E-state index contributed by atoms with van der Waals surface area (Å²) in [5.74, 6) is 1.000. The Labute approximate surface area is 77.1 Å². The Morgan fingerprint density at radius 3 is 2.42 bits per heavy atom. The van der Waals surface area contributed by atoms with Crippen molar-refractivity contribution in [1.82, 2.24) is 4.90 Å². The van der Waals surface area contributed by atoms with E-state index < -0.39 is 0 Å². The quantitative estimate of drug-likeness (QED) is 0.625. The van der Waals surface area contributed by atoms with Crippen LogP contribution in [0.4, 0.5) is 0 Å². The second kappa shape index (κ2) is 4.86. The van der Waals surface area contributed by atoms with E-state index in [0.717, 1.165) is 12.0 Å². The van der Waals surface area contributed by atoms with Gasteiger partial charge >= 0.3 is 0 Å².